The molecule has 1 aromatic heterocycles. The van der Waals surface area contributed by atoms with Crippen molar-refractivity contribution in [2.75, 3.05) is 11.9 Å². The molecule has 0 saturated heterocycles. The van der Waals surface area contributed by atoms with Crippen LogP contribution in [0.5, 0.6) is 0 Å². The van der Waals surface area contributed by atoms with Gasteiger partial charge in [-0.3, -0.25) is 0 Å². The Balaban J connectivity index is 2.47. The standard InChI is InChI=1S/C10H13N3O/c1-8(14)2-4-12-10-6-9(7-11)3-5-13-10/h3,5-6,8,14H,2,4H2,1H3,(H,12,13). The van der Waals surface area contributed by atoms with Crippen molar-refractivity contribution in [2.24, 2.45) is 0 Å². The van der Waals surface area contributed by atoms with Gasteiger partial charge in [-0.25, -0.2) is 4.98 Å². The van der Waals surface area contributed by atoms with E-state index in [0.29, 0.717) is 24.3 Å². The van der Waals surface area contributed by atoms with E-state index in [1.807, 2.05) is 6.07 Å². The normalized spacial score (nSPS) is 11.8. The molecule has 1 aromatic rings. The summed E-state index contributed by atoms with van der Waals surface area (Å²) >= 11 is 0. The number of rotatable bonds is 4. The van der Waals surface area contributed by atoms with Crippen LogP contribution in [0.15, 0.2) is 18.3 Å². The number of nitrogens with one attached hydrogen (secondary N) is 1. The molecule has 0 aliphatic heterocycles. The first-order chi connectivity index (χ1) is 6.72. The summed E-state index contributed by atoms with van der Waals surface area (Å²) in [6, 6.07) is 5.37. The van der Waals surface area contributed by atoms with Crippen LogP contribution in [0, 0.1) is 11.3 Å². The SMILES string of the molecule is CC(O)CCNc1cc(C#N)ccn1. The highest BCUT2D eigenvalue weighted by atomic mass is 16.3. The lowest BCUT2D eigenvalue weighted by molar-refractivity contribution is 0.188. The van der Waals surface area contributed by atoms with Gasteiger partial charge >= 0.3 is 0 Å². The van der Waals surface area contributed by atoms with Crippen molar-refractivity contribution in [1.29, 1.82) is 5.26 Å². The van der Waals surface area contributed by atoms with Crippen molar-refractivity contribution in [1.82, 2.24) is 4.98 Å². The predicted molar refractivity (Wildman–Crippen MR) is 53.7 cm³/mol. The lowest BCUT2D eigenvalue weighted by Crippen LogP contribution is -2.10. The lowest BCUT2D eigenvalue weighted by Gasteiger charge is -2.06. The molecule has 0 aromatic carbocycles. The Kier molecular flexibility index (Phi) is 3.89. The predicted octanol–water partition coefficient (Wildman–Crippen LogP) is 1.14. The lowest BCUT2D eigenvalue weighted by atomic mass is 10.2. The van der Waals surface area contributed by atoms with Gasteiger partial charge in [0.1, 0.15) is 5.82 Å². The first-order valence-corrected chi connectivity index (χ1v) is 4.50. The average molecular weight is 191 g/mol. The number of anilines is 1. The summed E-state index contributed by atoms with van der Waals surface area (Å²) in [5.74, 6) is 0.671. The Hall–Kier alpha value is -1.60. The van der Waals surface area contributed by atoms with E-state index in [0.717, 1.165) is 0 Å². The van der Waals surface area contributed by atoms with Crippen LogP contribution in [0.3, 0.4) is 0 Å². The molecule has 1 rings (SSSR count). The molecular formula is C10H13N3O. The maximum absolute atomic E-state index is 9.02. The first-order valence-electron chi connectivity index (χ1n) is 4.50. The van der Waals surface area contributed by atoms with E-state index in [9.17, 15) is 0 Å². The molecule has 1 unspecified atom stereocenters. The second-order valence-electron chi connectivity index (χ2n) is 3.11. The third kappa shape index (κ3) is 3.42. The van der Waals surface area contributed by atoms with Gasteiger partial charge in [0, 0.05) is 12.7 Å². The van der Waals surface area contributed by atoms with Crippen LogP contribution >= 0.6 is 0 Å². The molecule has 74 valence electrons. The quantitative estimate of drug-likeness (QED) is 0.748. The molecule has 14 heavy (non-hydrogen) atoms. The van der Waals surface area contributed by atoms with E-state index < -0.39 is 0 Å². The van der Waals surface area contributed by atoms with Crippen molar-refractivity contribution in [3.63, 3.8) is 0 Å². The van der Waals surface area contributed by atoms with Crippen LogP contribution in [0.2, 0.25) is 0 Å². The number of nitriles is 1. The molecule has 0 aliphatic rings. The number of aliphatic hydroxyl groups is 1. The number of aromatic nitrogens is 1. The molecule has 0 radical (unpaired) electrons. The van der Waals surface area contributed by atoms with Crippen molar-refractivity contribution >= 4 is 5.82 Å². The Labute approximate surface area is 83.2 Å². The van der Waals surface area contributed by atoms with Crippen LogP contribution in [-0.2, 0) is 0 Å². The van der Waals surface area contributed by atoms with Crippen molar-refractivity contribution in [3.05, 3.63) is 23.9 Å². The molecule has 0 fully saturated rings. The molecule has 0 saturated carbocycles. The number of pyridine rings is 1. The Morgan fingerprint density at radius 1 is 1.71 bits per heavy atom. The van der Waals surface area contributed by atoms with E-state index in [1.54, 1.807) is 25.3 Å². The molecule has 0 spiro atoms. The van der Waals surface area contributed by atoms with Gasteiger partial charge in [-0.15, -0.1) is 0 Å². The summed E-state index contributed by atoms with van der Waals surface area (Å²) in [4.78, 5) is 4.04. The molecule has 4 heteroatoms. The summed E-state index contributed by atoms with van der Waals surface area (Å²) in [5, 5.41) is 20.7. The van der Waals surface area contributed by atoms with E-state index in [2.05, 4.69) is 10.3 Å². The van der Waals surface area contributed by atoms with Crippen molar-refractivity contribution in [3.8, 4) is 6.07 Å². The van der Waals surface area contributed by atoms with E-state index >= 15 is 0 Å². The van der Waals surface area contributed by atoms with E-state index in [4.69, 9.17) is 10.4 Å². The monoisotopic (exact) mass is 191 g/mol. The minimum absolute atomic E-state index is 0.318. The Morgan fingerprint density at radius 2 is 2.50 bits per heavy atom. The fourth-order valence-corrected chi connectivity index (χ4v) is 1.01. The van der Waals surface area contributed by atoms with E-state index in [-0.39, 0.29) is 6.10 Å². The largest absolute Gasteiger partial charge is 0.393 e. The zero-order chi connectivity index (χ0) is 10.4. The van der Waals surface area contributed by atoms with Gasteiger partial charge in [0.05, 0.1) is 17.7 Å². The van der Waals surface area contributed by atoms with E-state index in [1.165, 1.54) is 0 Å². The molecular weight excluding hydrogens is 178 g/mol. The summed E-state index contributed by atoms with van der Waals surface area (Å²) in [6.45, 7) is 2.39. The molecule has 4 nitrogen and oxygen atoms in total. The molecule has 1 heterocycles. The number of nitrogens with zero attached hydrogens (tertiary/aromatic N) is 2. The van der Waals surface area contributed by atoms with Crippen molar-refractivity contribution < 1.29 is 5.11 Å². The maximum Gasteiger partial charge on any atom is 0.127 e. The second kappa shape index (κ2) is 5.20. The Bertz CT molecular complexity index is 330. The molecule has 0 aliphatic carbocycles. The smallest absolute Gasteiger partial charge is 0.127 e. The zero-order valence-electron chi connectivity index (χ0n) is 8.07. The van der Waals surface area contributed by atoms with Crippen molar-refractivity contribution in [2.45, 2.75) is 19.4 Å². The highest BCUT2D eigenvalue weighted by molar-refractivity contribution is 5.42. The molecule has 0 amide bonds. The number of hydrogen-bond donors (Lipinski definition) is 2. The Morgan fingerprint density at radius 3 is 3.14 bits per heavy atom. The number of aliphatic hydroxyl groups excluding tert-OH is 1. The zero-order valence-corrected chi connectivity index (χ0v) is 8.07. The third-order valence-corrected chi connectivity index (χ3v) is 1.76. The molecule has 2 N–H and O–H groups in total. The van der Waals surface area contributed by atoms with Gasteiger partial charge in [-0.2, -0.15) is 5.26 Å². The fraction of sp³-hybridized carbons (Fsp3) is 0.400. The van der Waals surface area contributed by atoms with Gasteiger partial charge in [0.25, 0.3) is 0 Å². The summed E-state index contributed by atoms with van der Waals surface area (Å²) < 4.78 is 0. The fourth-order valence-electron chi connectivity index (χ4n) is 1.01. The summed E-state index contributed by atoms with van der Waals surface area (Å²) in [5.41, 5.74) is 0.583. The minimum atomic E-state index is -0.318. The van der Waals surface area contributed by atoms with Crippen LogP contribution in [-0.4, -0.2) is 22.7 Å². The van der Waals surface area contributed by atoms with Crippen LogP contribution in [0.25, 0.3) is 0 Å². The van der Waals surface area contributed by atoms with Gasteiger partial charge in [-0.1, -0.05) is 0 Å². The highest BCUT2D eigenvalue weighted by Gasteiger charge is 1.97. The summed E-state index contributed by atoms with van der Waals surface area (Å²) in [7, 11) is 0. The number of hydrogen-bond acceptors (Lipinski definition) is 4. The van der Waals surface area contributed by atoms with Gasteiger partial charge < -0.3 is 10.4 Å². The van der Waals surface area contributed by atoms with Crippen LogP contribution in [0.4, 0.5) is 5.82 Å². The molecule has 1 atom stereocenters. The van der Waals surface area contributed by atoms with Gasteiger partial charge in [0.15, 0.2) is 0 Å². The topological polar surface area (TPSA) is 68.9 Å². The third-order valence-electron chi connectivity index (χ3n) is 1.76. The van der Waals surface area contributed by atoms with Gasteiger partial charge in [0.2, 0.25) is 0 Å². The highest BCUT2D eigenvalue weighted by Crippen LogP contribution is 2.05. The van der Waals surface area contributed by atoms with Crippen LogP contribution < -0.4 is 5.32 Å². The summed E-state index contributed by atoms with van der Waals surface area (Å²) in [6.07, 6.45) is 1.93. The molecule has 0 bridgehead atoms. The maximum atomic E-state index is 9.02. The van der Waals surface area contributed by atoms with Gasteiger partial charge in [-0.05, 0) is 25.5 Å². The second-order valence-corrected chi connectivity index (χ2v) is 3.11. The first kappa shape index (κ1) is 10.5. The average Bonchev–Trinajstić information content (AvgIpc) is 2.18. The minimum Gasteiger partial charge on any atom is -0.393 e. The van der Waals surface area contributed by atoms with Crippen LogP contribution in [0.1, 0.15) is 18.9 Å².